The Labute approximate surface area is 200 Å². The maximum Gasteiger partial charge on any atom is 0.433 e. The second-order valence-corrected chi connectivity index (χ2v) is 8.96. The third-order valence-corrected chi connectivity index (χ3v) is 6.71. The second kappa shape index (κ2) is 8.99. The highest BCUT2D eigenvalue weighted by Crippen LogP contribution is 2.49. The van der Waals surface area contributed by atoms with Crippen LogP contribution in [0.4, 0.5) is 22.0 Å². The van der Waals surface area contributed by atoms with E-state index in [-0.39, 0.29) is 18.8 Å². The summed E-state index contributed by atoms with van der Waals surface area (Å²) in [4.78, 5) is 30.5. The van der Waals surface area contributed by atoms with Crippen molar-refractivity contribution in [3.63, 3.8) is 0 Å². The summed E-state index contributed by atoms with van der Waals surface area (Å²) in [6, 6.07) is 3.01. The number of aliphatic hydroxyl groups is 1. The van der Waals surface area contributed by atoms with Crippen molar-refractivity contribution in [3.8, 4) is 0 Å². The fraction of sp³-hybridized carbons (Fsp3) is 0.409. The molecule has 2 aliphatic heterocycles. The van der Waals surface area contributed by atoms with Crippen molar-refractivity contribution in [1.29, 1.82) is 0 Å². The smallest absolute Gasteiger partial charge is 0.391 e. The van der Waals surface area contributed by atoms with E-state index in [1.54, 1.807) is 0 Å². The number of halogens is 6. The van der Waals surface area contributed by atoms with Crippen LogP contribution in [0.1, 0.15) is 34.0 Å². The quantitative estimate of drug-likeness (QED) is 0.467. The van der Waals surface area contributed by atoms with Gasteiger partial charge in [0.25, 0.3) is 5.91 Å². The Kier molecular flexibility index (Phi) is 6.49. The Morgan fingerprint density at radius 2 is 1.91 bits per heavy atom. The molecule has 2 fully saturated rings. The molecule has 188 valence electrons. The van der Waals surface area contributed by atoms with E-state index in [4.69, 9.17) is 22.1 Å². The number of ether oxygens (including phenoxy) is 1. The average Bonchev–Trinajstić information content (AvgIpc) is 3.10. The zero-order valence-corrected chi connectivity index (χ0v) is 18.6. The van der Waals surface area contributed by atoms with E-state index >= 15 is 4.39 Å². The molecule has 13 heteroatoms. The number of benzene rings is 1. The molecule has 3 N–H and O–H groups in total. The Hall–Kier alpha value is -2.83. The van der Waals surface area contributed by atoms with Gasteiger partial charge in [-0.25, -0.2) is 8.78 Å². The summed E-state index contributed by atoms with van der Waals surface area (Å²) in [6.45, 7) is -0.461. The molecule has 0 saturated carbocycles. The summed E-state index contributed by atoms with van der Waals surface area (Å²) < 4.78 is 74.2. The zero-order valence-electron chi connectivity index (χ0n) is 17.9. The van der Waals surface area contributed by atoms with Crippen molar-refractivity contribution >= 4 is 23.4 Å². The van der Waals surface area contributed by atoms with Crippen LogP contribution in [0.3, 0.4) is 0 Å². The van der Waals surface area contributed by atoms with Gasteiger partial charge in [-0.15, -0.1) is 0 Å². The van der Waals surface area contributed by atoms with Gasteiger partial charge in [0.1, 0.15) is 22.9 Å². The molecule has 0 spiro atoms. The summed E-state index contributed by atoms with van der Waals surface area (Å²) in [5.74, 6) is -6.08. The van der Waals surface area contributed by atoms with Gasteiger partial charge < -0.3 is 20.5 Å². The first-order chi connectivity index (χ1) is 16.4. The number of nitrogens with zero attached hydrogens (tertiary/aromatic N) is 2. The van der Waals surface area contributed by atoms with Gasteiger partial charge in [-0.1, -0.05) is 11.6 Å². The Balaban J connectivity index is 1.88. The molecule has 0 aliphatic carbocycles. The number of pyridine rings is 1. The molecule has 7 nitrogen and oxygen atoms in total. The molecule has 2 aliphatic rings. The third-order valence-electron chi connectivity index (χ3n) is 6.42. The average molecular weight is 520 g/mol. The largest absolute Gasteiger partial charge is 0.433 e. The van der Waals surface area contributed by atoms with Crippen LogP contribution in [-0.2, 0) is 15.7 Å². The van der Waals surface area contributed by atoms with Crippen molar-refractivity contribution in [2.24, 2.45) is 11.7 Å². The molecule has 2 saturated heterocycles. The van der Waals surface area contributed by atoms with Crippen molar-refractivity contribution < 1.29 is 41.4 Å². The second-order valence-electron chi connectivity index (χ2n) is 8.55. The van der Waals surface area contributed by atoms with E-state index in [2.05, 4.69) is 4.98 Å². The minimum atomic E-state index is -4.85. The molecule has 0 radical (unpaired) electrons. The van der Waals surface area contributed by atoms with E-state index in [0.29, 0.717) is 12.1 Å². The molecular weight excluding hydrogens is 501 g/mol. The first-order valence-electron chi connectivity index (χ1n) is 10.4. The number of nitrogens with two attached hydrogens (primary N) is 1. The SMILES string of the molecule is NC(=O)[C@@]1([C@@H](c2cc(F)c(Cl)cc2F)C2COC2)CC(O)CN1C(=O)c1ccnc(C(F)(F)F)c1. The Morgan fingerprint density at radius 1 is 1.23 bits per heavy atom. The molecule has 1 aromatic carbocycles. The predicted octanol–water partition coefficient (Wildman–Crippen LogP) is 2.89. The Morgan fingerprint density at radius 3 is 2.49 bits per heavy atom. The van der Waals surface area contributed by atoms with Crippen LogP contribution in [0.2, 0.25) is 5.02 Å². The van der Waals surface area contributed by atoms with Gasteiger partial charge in [0, 0.05) is 36.6 Å². The van der Waals surface area contributed by atoms with E-state index in [9.17, 15) is 32.3 Å². The summed E-state index contributed by atoms with van der Waals surface area (Å²) >= 11 is 5.68. The molecule has 2 amide bonds. The number of primary amides is 1. The highest BCUT2D eigenvalue weighted by atomic mass is 35.5. The van der Waals surface area contributed by atoms with Crippen LogP contribution in [0.5, 0.6) is 0 Å². The minimum absolute atomic E-state index is 0.00892. The number of aliphatic hydroxyl groups excluding tert-OH is 1. The van der Waals surface area contributed by atoms with E-state index in [1.807, 2.05) is 0 Å². The molecule has 35 heavy (non-hydrogen) atoms. The molecule has 1 unspecified atom stereocenters. The number of hydrogen-bond acceptors (Lipinski definition) is 5. The van der Waals surface area contributed by atoms with Gasteiger partial charge in [-0.3, -0.25) is 14.6 Å². The van der Waals surface area contributed by atoms with Crippen molar-refractivity contribution in [1.82, 2.24) is 9.88 Å². The number of carbonyl (C=O) groups is 2. The lowest BCUT2D eigenvalue weighted by Crippen LogP contribution is -2.62. The van der Waals surface area contributed by atoms with E-state index < -0.39 is 82.3 Å². The van der Waals surface area contributed by atoms with Crippen molar-refractivity contribution in [2.75, 3.05) is 19.8 Å². The van der Waals surface area contributed by atoms with Crippen molar-refractivity contribution in [3.05, 3.63) is 63.9 Å². The zero-order chi connectivity index (χ0) is 25.7. The lowest BCUT2D eigenvalue weighted by atomic mass is 9.68. The third kappa shape index (κ3) is 4.34. The maximum atomic E-state index is 15.1. The highest BCUT2D eigenvalue weighted by molar-refractivity contribution is 6.30. The molecule has 1 aromatic heterocycles. The monoisotopic (exact) mass is 519 g/mol. The van der Waals surface area contributed by atoms with E-state index in [1.165, 1.54) is 0 Å². The van der Waals surface area contributed by atoms with Gasteiger partial charge in [0.15, 0.2) is 0 Å². The molecule has 3 heterocycles. The van der Waals surface area contributed by atoms with Gasteiger partial charge in [-0.2, -0.15) is 13.2 Å². The molecule has 0 bridgehead atoms. The molecule has 2 aromatic rings. The number of carbonyl (C=O) groups excluding carboxylic acids is 2. The number of alkyl halides is 3. The summed E-state index contributed by atoms with van der Waals surface area (Å²) in [6.07, 6.45) is -5.84. The normalized spacial score (nSPS) is 23.7. The first kappa shape index (κ1) is 25.3. The fourth-order valence-electron chi connectivity index (χ4n) is 4.85. The number of aromatic nitrogens is 1. The minimum Gasteiger partial charge on any atom is -0.391 e. The highest BCUT2D eigenvalue weighted by Gasteiger charge is 2.60. The van der Waals surface area contributed by atoms with Crippen LogP contribution in [0.25, 0.3) is 0 Å². The number of amides is 2. The summed E-state index contributed by atoms with van der Waals surface area (Å²) in [5.41, 5.74) is 1.51. The number of β-amino-alcohol motifs (C(OH)–C–C–N with tert-alkyl or cyclic N) is 1. The van der Waals surface area contributed by atoms with E-state index in [0.717, 1.165) is 23.2 Å². The standard InChI is InChI=1S/C22H19ClF5N3O4/c23-14-5-15(24)13(4-16(14)25)18(11-8-35-9-11)21(20(29)34)6-12(32)7-31(21)19(33)10-1-2-30-17(3-10)22(26,27)28/h1-5,11-12,18,32H,6-9H2,(H2,29,34)/t12?,18-,21+/m1/s1. The summed E-state index contributed by atoms with van der Waals surface area (Å²) in [7, 11) is 0. The van der Waals surface area contributed by atoms with Gasteiger partial charge in [-0.05, 0) is 29.8 Å². The molecular formula is C22H19ClF5N3O4. The first-order valence-corrected chi connectivity index (χ1v) is 10.8. The lowest BCUT2D eigenvalue weighted by molar-refractivity contribution is -0.141. The van der Waals surface area contributed by atoms with Crippen LogP contribution in [0, 0.1) is 17.6 Å². The fourth-order valence-corrected chi connectivity index (χ4v) is 5.00. The maximum absolute atomic E-state index is 15.1. The topological polar surface area (TPSA) is 106 Å². The van der Waals surface area contributed by atoms with Gasteiger partial charge in [0.05, 0.1) is 24.3 Å². The van der Waals surface area contributed by atoms with Crippen LogP contribution in [-0.4, -0.2) is 58.2 Å². The number of rotatable bonds is 5. The Bertz CT molecular complexity index is 1180. The predicted molar refractivity (Wildman–Crippen MR) is 111 cm³/mol. The summed E-state index contributed by atoms with van der Waals surface area (Å²) in [5, 5.41) is 9.97. The van der Waals surface area contributed by atoms with Crippen LogP contribution in [0.15, 0.2) is 30.5 Å². The molecule has 3 atom stereocenters. The van der Waals surface area contributed by atoms with Crippen LogP contribution < -0.4 is 5.73 Å². The van der Waals surface area contributed by atoms with Gasteiger partial charge in [0.2, 0.25) is 5.91 Å². The van der Waals surface area contributed by atoms with Crippen molar-refractivity contribution in [2.45, 2.75) is 30.2 Å². The number of likely N-dealkylation sites (tertiary alicyclic amines) is 1. The van der Waals surface area contributed by atoms with Crippen LogP contribution >= 0.6 is 11.6 Å². The molecule has 4 rings (SSSR count). The lowest BCUT2D eigenvalue weighted by Gasteiger charge is -2.47. The van der Waals surface area contributed by atoms with Gasteiger partial charge >= 0.3 is 6.18 Å². The number of hydrogen-bond donors (Lipinski definition) is 2.